The number of carbonyl (C=O) groups is 3. The quantitative estimate of drug-likeness (QED) is 0.381. The molecule has 39 heavy (non-hydrogen) atoms. The van der Waals surface area contributed by atoms with Crippen LogP contribution >= 0.6 is 15.9 Å². The second-order valence-corrected chi connectivity index (χ2v) is 9.09. The summed E-state index contributed by atoms with van der Waals surface area (Å²) < 4.78 is 32.6. The Labute approximate surface area is 229 Å². The fourth-order valence-electron chi connectivity index (χ4n) is 3.64. The highest BCUT2D eigenvalue weighted by molar-refractivity contribution is 9.10. The van der Waals surface area contributed by atoms with Crippen LogP contribution in [0.15, 0.2) is 65.4 Å². The largest absolute Gasteiger partial charge is 0.490 e. The lowest BCUT2D eigenvalue weighted by Gasteiger charge is -2.24. The summed E-state index contributed by atoms with van der Waals surface area (Å²) in [5, 5.41) is 19.6. The van der Waals surface area contributed by atoms with Crippen molar-refractivity contribution in [1.82, 2.24) is 9.97 Å². The van der Waals surface area contributed by atoms with Crippen molar-refractivity contribution in [3.63, 3.8) is 0 Å². The van der Waals surface area contributed by atoms with Crippen LogP contribution < -0.4 is 15.1 Å². The summed E-state index contributed by atoms with van der Waals surface area (Å²) in [7, 11) is 0. The van der Waals surface area contributed by atoms with Gasteiger partial charge in [0.05, 0.1) is 11.3 Å². The van der Waals surface area contributed by atoms with Gasteiger partial charge in [-0.25, -0.2) is 19.6 Å². The van der Waals surface area contributed by atoms with Gasteiger partial charge in [-0.05, 0) is 55.0 Å². The number of amides is 1. The van der Waals surface area contributed by atoms with Crippen LogP contribution in [0.2, 0.25) is 0 Å². The number of carboxylic acids is 2. The van der Waals surface area contributed by atoms with Crippen molar-refractivity contribution in [3.8, 4) is 0 Å². The summed E-state index contributed by atoms with van der Waals surface area (Å²) in [6.07, 6.45) is -0.737. The zero-order valence-corrected chi connectivity index (χ0v) is 21.8. The molecule has 0 saturated carbocycles. The molecule has 14 heteroatoms. The Balaban J connectivity index is 0.000000532. The lowest BCUT2D eigenvalue weighted by atomic mass is 10.1. The second kappa shape index (κ2) is 13.0. The van der Waals surface area contributed by atoms with Crippen LogP contribution in [0.5, 0.6) is 0 Å². The minimum atomic E-state index is -5.08. The van der Waals surface area contributed by atoms with Gasteiger partial charge in [0.15, 0.2) is 0 Å². The summed E-state index contributed by atoms with van der Waals surface area (Å²) in [5.74, 6) is -3.51. The van der Waals surface area contributed by atoms with Crippen molar-refractivity contribution in [2.75, 3.05) is 41.3 Å². The van der Waals surface area contributed by atoms with Crippen molar-refractivity contribution < 1.29 is 37.8 Å². The average molecular weight is 610 g/mol. The molecule has 0 atom stereocenters. The number of hydrogen-bond donors (Lipinski definition) is 3. The van der Waals surface area contributed by atoms with Gasteiger partial charge in [-0.15, -0.1) is 0 Å². The molecule has 0 unspecified atom stereocenters. The number of benzene rings is 2. The molecule has 3 N–H and O–H groups in total. The summed E-state index contributed by atoms with van der Waals surface area (Å²) in [5.41, 5.74) is 1.58. The first-order chi connectivity index (χ1) is 18.5. The first-order valence-corrected chi connectivity index (χ1v) is 12.3. The molecule has 0 radical (unpaired) electrons. The van der Waals surface area contributed by atoms with E-state index < -0.39 is 18.1 Å². The number of carboxylic acid groups (broad SMARTS) is 2. The molecular formula is C25H23BrF3N5O5. The van der Waals surface area contributed by atoms with E-state index in [0.29, 0.717) is 18.1 Å². The van der Waals surface area contributed by atoms with E-state index in [1.165, 1.54) is 0 Å². The van der Waals surface area contributed by atoms with Crippen LogP contribution in [-0.2, 0) is 4.79 Å². The molecule has 1 amide bonds. The molecule has 0 aliphatic carbocycles. The third kappa shape index (κ3) is 8.40. The fraction of sp³-hybridized carbons (Fsp3) is 0.240. The molecule has 4 rings (SSSR count). The van der Waals surface area contributed by atoms with Crippen molar-refractivity contribution in [1.29, 1.82) is 0 Å². The molecule has 1 saturated heterocycles. The summed E-state index contributed by atoms with van der Waals surface area (Å²) in [4.78, 5) is 46.3. The SMILES string of the molecule is O=C(Nc1ccc(N2CCCN(c3ncccn3)CC2)cc1C(=O)O)c1ccc(Br)cc1.O=C(O)C(F)(F)F. The molecule has 3 aromatic rings. The van der Waals surface area contributed by atoms with Crippen LogP contribution in [0.25, 0.3) is 0 Å². The van der Waals surface area contributed by atoms with E-state index in [4.69, 9.17) is 9.90 Å². The first-order valence-electron chi connectivity index (χ1n) is 11.5. The number of aromatic nitrogens is 2. The van der Waals surface area contributed by atoms with Crippen LogP contribution in [0.1, 0.15) is 27.1 Å². The van der Waals surface area contributed by atoms with Crippen LogP contribution in [0, 0.1) is 0 Å². The molecule has 0 spiro atoms. The topological polar surface area (TPSA) is 136 Å². The van der Waals surface area contributed by atoms with Gasteiger partial charge in [-0.3, -0.25) is 4.79 Å². The Hall–Kier alpha value is -4.20. The molecule has 1 aromatic heterocycles. The van der Waals surface area contributed by atoms with Gasteiger partial charge in [-0.1, -0.05) is 15.9 Å². The third-order valence-electron chi connectivity index (χ3n) is 5.53. The molecule has 0 bridgehead atoms. The highest BCUT2D eigenvalue weighted by Gasteiger charge is 2.38. The Morgan fingerprint density at radius 1 is 0.897 bits per heavy atom. The minimum absolute atomic E-state index is 0.0560. The van der Waals surface area contributed by atoms with Crippen LogP contribution in [-0.4, -0.2) is 70.4 Å². The van der Waals surface area contributed by atoms with Gasteiger partial charge in [0.1, 0.15) is 0 Å². The number of nitrogens with zero attached hydrogens (tertiary/aromatic N) is 4. The number of alkyl halides is 3. The molecular weight excluding hydrogens is 587 g/mol. The highest BCUT2D eigenvalue weighted by Crippen LogP contribution is 2.26. The van der Waals surface area contributed by atoms with Gasteiger partial charge in [-0.2, -0.15) is 13.2 Å². The number of hydrogen-bond acceptors (Lipinski definition) is 7. The number of carbonyl (C=O) groups excluding carboxylic acids is 1. The third-order valence-corrected chi connectivity index (χ3v) is 6.06. The van der Waals surface area contributed by atoms with E-state index in [0.717, 1.165) is 36.2 Å². The monoisotopic (exact) mass is 609 g/mol. The van der Waals surface area contributed by atoms with Crippen molar-refractivity contribution in [2.24, 2.45) is 0 Å². The molecule has 1 fully saturated rings. The van der Waals surface area contributed by atoms with E-state index in [2.05, 4.69) is 41.0 Å². The summed E-state index contributed by atoms with van der Waals surface area (Å²) in [6, 6.07) is 13.8. The van der Waals surface area contributed by atoms with E-state index in [1.807, 2.05) is 6.07 Å². The van der Waals surface area contributed by atoms with E-state index in [-0.39, 0.29) is 17.2 Å². The number of anilines is 3. The average Bonchev–Trinajstić information content (AvgIpc) is 3.16. The molecule has 1 aliphatic heterocycles. The maximum Gasteiger partial charge on any atom is 0.490 e. The zero-order chi connectivity index (χ0) is 28.6. The van der Waals surface area contributed by atoms with Crippen LogP contribution in [0.3, 0.4) is 0 Å². The predicted octanol–water partition coefficient (Wildman–Crippen LogP) is 4.54. The lowest BCUT2D eigenvalue weighted by molar-refractivity contribution is -0.192. The number of aromatic carboxylic acids is 1. The minimum Gasteiger partial charge on any atom is -0.478 e. The van der Waals surface area contributed by atoms with Crippen molar-refractivity contribution in [2.45, 2.75) is 12.6 Å². The van der Waals surface area contributed by atoms with E-state index >= 15 is 0 Å². The van der Waals surface area contributed by atoms with E-state index in [9.17, 15) is 27.9 Å². The first kappa shape index (κ1) is 29.4. The van der Waals surface area contributed by atoms with Crippen molar-refractivity contribution >= 4 is 51.1 Å². The fourth-order valence-corrected chi connectivity index (χ4v) is 3.91. The zero-order valence-electron chi connectivity index (χ0n) is 20.2. The normalized spacial score (nSPS) is 13.5. The van der Waals surface area contributed by atoms with Crippen LogP contribution in [0.4, 0.5) is 30.5 Å². The van der Waals surface area contributed by atoms with Gasteiger partial charge in [0.2, 0.25) is 5.95 Å². The van der Waals surface area contributed by atoms with Gasteiger partial charge in [0.25, 0.3) is 5.91 Å². The standard InChI is InChI=1S/C23H22BrN5O3.C2HF3O2/c24-17-5-3-16(4-6-17)21(30)27-20-8-7-18(15-19(20)22(31)32)28-11-2-12-29(14-13-28)23-25-9-1-10-26-23;3-2(4,5)1(6)7/h1,3-10,15H,2,11-14H2,(H,27,30)(H,31,32);(H,6,7). The van der Waals surface area contributed by atoms with Gasteiger partial charge < -0.3 is 25.3 Å². The smallest absolute Gasteiger partial charge is 0.478 e. The molecule has 1 aliphatic rings. The molecule has 10 nitrogen and oxygen atoms in total. The number of rotatable bonds is 5. The Bertz CT molecular complexity index is 1310. The maximum atomic E-state index is 12.6. The second-order valence-electron chi connectivity index (χ2n) is 8.18. The van der Waals surface area contributed by atoms with Crippen molar-refractivity contribution in [3.05, 3.63) is 76.5 Å². The summed E-state index contributed by atoms with van der Waals surface area (Å²) >= 11 is 3.34. The number of halogens is 4. The Kier molecular flexibility index (Phi) is 9.82. The van der Waals surface area contributed by atoms with Gasteiger partial charge in [0, 0.05) is 54.3 Å². The Morgan fingerprint density at radius 2 is 1.49 bits per heavy atom. The number of nitrogens with one attached hydrogen (secondary N) is 1. The maximum absolute atomic E-state index is 12.6. The number of aliphatic carboxylic acids is 1. The van der Waals surface area contributed by atoms with Gasteiger partial charge >= 0.3 is 18.1 Å². The molecule has 2 heterocycles. The highest BCUT2D eigenvalue weighted by atomic mass is 79.9. The van der Waals surface area contributed by atoms with E-state index in [1.54, 1.807) is 54.9 Å². The summed E-state index contributed by atoms with van der Waals surface area (Å²) in [6.45, 7) is 3.05. The lowest BCUT2D eigenvalue weighted by Crippen LogP contribution is -2.31. The predicted molar refractivity (Wildman–Crippen MR) is 140 cm³/mol. The molecule has 2 aromatic carbocycles. The molecule has 206 valence electrons. The Morgan fingerprint density at radius 3 is 2.08 bits per heavy atom.